The second kappa shape index (κ2) is 7.75. The smallest absolute Gasteiger partial charge is 0.0178 e. The van der Waals surface area contributed by atoms with Crippen LogP contribution < -0.4 is 5.32 Å². The van der Waals surface area contributed by atoms with Gasteiger partial charge in [-0.15, -0.1) is 0 Å². The zero-order chi connectivity index (χ0) is 15.4. The average molecular weight is 353 g/mol. The van der Waals surface area contributed by atoms with Crippen molar-refractivity contribution in [1.29, 1.82) is 0 Å². The Bertz CT molecular complexity index is 449. The molecule has 1 aromatic rings. The molecular formula is C18H29BrN2. The molecule has 21 heavy (non-hydrogen) atoms. The minimum Gasteiger partial charge on any atom is -0.312 e. The van der Waals surface area contributed by atoms with E-state index >= 15 is 0 Å². The number of fused-ring (bicyclic) bond motifs is 1. The Morgan fingerprint density at radius 1 is 1.19 bits per heavy atom. The lowest BCUT2D eigenvalue weighted by Gasteiger charge is -2.32. The summed E-state index contributed by atoms with van der Waals surface area (Å²) in [5, 5.41) is 3.76. The Kier molecular flexibility index (Phi) is 6.27. The fraction of sp³-hybridized carbons (Fsp3) is 0.667. The zero-order valence-electron chi connectivity index (χ0n) is 13.8. The minimum atomic E-state index is 0.622. The summed E-state index contributed by atoms with van der Waals surface area (Å²) in [6.07, 6.45) is 3.63. The number of hydrogen-bond acceptors (Lipinski definition) is 2. The molecule has 1 unspecified atom stereocenters. The van der Waals surface area contributed by atoms with Gasteiger partial charge in [-0.2, -0.15) is 0 Å². The minimum absolute atomic E-state index is 0.622. The van der Waals surface area contributed by atoms with Crippen molar-refractivity contribution in [1.82, 2.24) is 10.2 Å². The van der Waals surface area contributed by atoms with E-state index < -0.39 is 0 Å². The van der Waals surface area contributed by atoms with E-state index in [1.54, 1.807) is 0 Å². The summed E-state index contributed by atoms with van der Waals surface area (Å²) in [7, 11) is 0. The van der Waals surface area contributed by atoms with Crippen molar-refractivity contribution < 1.29 is 0 Å². The molecule has 1 aliphatic carbocycles. The van der Waals surface area contributed by atoms with Crippen LogP contribution in [0.3, 0.4) is 0 Å². The quantitative estimate of drug-likeness (QED) is 0.831. The first-order valence-electron chi connectivity index (χ1n) is 8.23. The third-order valence-corrected chi connectivity index (χ3v) is 5.02. The molecule has 0 saturated carbocycles. The van der Waals surface area contributed by atoms with Crippen LogP contribution in [0.25, 0.3) is 0 Å². The predicted molar refractivity (Wildman–Crippen MR) is 94.9 cm³/mol. The van der Waals surface area contributed by atoms with E-state index in [1.165, 1.54) is 34.9 Å². The van der Waals surface area contributed by atoms with Crippen LogP contribution in [0.2, 0.25) is 0 Å². The fourth-order valence-corrected chi connectivity index (χ4v) is 3.82. The summed E-state index contributed by atoms with van der Waals surface area (Å²) in [6.45, 7) is 11.4. The van der Waals surface area contributed by atoms with Gasteiger partial charge in [0.15, 0.2) is 0 Å². The number of halogens is 1. The van der Waals surface area contributed by atoms with Gasteiger partial charge < -0.3 is 5.32 Å². The van der Waals surface area contributed by atoms with Crippen LogP contribution in [-0.2, 0) is 12.8 Å². The molecule has 1 atom stereocenters. The lowest BCUT2D eigenvalue weighted by atomic mass is 9.88. The van der Waals surface area contributed by atoms with E-state index in [4.69, 9.17) is 0 Å². The summed E-state index contributed by atoms with van der Waals surface area (Å²) in [5.41, 5.74) is 3.04. The van der Waals surface area contributed by atoms with E-state index in [1.807, 2.05) is 0 Å². The first-order chi connectivity index (χ1) is 9.97. The molecule has 2 nitrogen and oxygen atoms in total. The third kappa shape index (κ3) is 4.80. The largest absolute Gasteiger partial charge is 0.312 e. The monoisotopic (exact) mass is 352 g/mol. The Morgan fingerprint density at radius 2 is 1.90 bits per heavy atom. The number of rotatable bonds is 6. The van der Waals surface area contributed by atoms with Gasteiger partial charge in [0, 0.05) is 35.7 Å². The molecule has 0 amide bonds. The fourth-order valence-electron chi connectivity index (χ4n) is 3.41. The van der Waals surface area contributed by atoms with Gasteiger partial charge in [0.05, 0.1) is 0 Å². The van der Waals surface area contributed by atoms with Crippen LogP contribution >= 0.6 is 15.9 Å². The molecule has 0 aromatic heterocycles. The standard InChI is InChI=1S/C18H29BrN2/c1-13(2)21(14(3)4)10-9-20-18-8-6-15-11-17(19)7-5-16(15)12-18/h5,7,11,13-14,18,20H,6,8-10,12H2,1-4H3. The molecule has 0 heterocycles. The second-order valence-corrected chi connectivity index (χ2v) is 7.65. The van der Waals surface area contributed by atoms with Crippen molar-refractivity contribution in [3.63, 3.8) is 0 Å². The van der Waals surface area contributed by atoms with E-state index in [0.717, 1.165) is 13.1 Å². The van der Waals surface area contributed by atoms with Crippen molar-refractivity contribution >= 4 is 15.9 Å². The summed E-state index contributed by atoms with van der Waals surface area (Å²) in [6, 6.07) is 8.61. The number of aryl methyl sites for hydroxylation is 1. The maximum Gasteiger partial charge on any atom is 0.0178 e. The van der Waals surface area contributed by atoms with Crippen LogP contribution in [-0.4, -0.2) is 36.1 Å². The van der Waals surface area contributed by atoms with Gasteiger partial charge in [-0.1, -0.05) is 22.0 Å². The summed E-state index contributed by atoms with van der Waals surface area (Å²) in [4.78, 5) is 2.56. The van der Waals surface area contributed by atoms with Crippen LogP contribution in [0.4, 0.5) is 0 Å². The highest BCUT2D eigenvalue weighted by molar-refractivity contribution is 9.10. The van der Waals surface area contributed by atoms with Crippen LogP contribution in [0, 0.1) is 0 Å². The lowest BCUT2D eigenvalue weighted by Crippen LogP contribution is -2.44. The van der Waals surface area contributed by atoms with Gasteiger partial charge in [0.1, 0.15) is 0 Å². The SMILES string of the molecule is CC(C)N(CCNC1CCc2cc(Br)ccc2C1)C(C)C. The highest BCUT2D eigenvalue weighted by Crippen LogP contribution is 2.24. The Labute approximate surface area is 138 Å². The summed E-state index contributed by atoms with van der Waals surface area (Å²) in [5.74, 6) is 0. The molecule has 2 rings (SSSR count). The first kappa shape index (κ1) is 17.0. The number of nitrogens with zero attached hydrogens (tertiary/aromatic N) is 1. The molecule has 1 N–H and O–H groups in total. The zero-order valence-corrected chi connectivity index (χ0v) is 15.4. The number of nitrogens with one attached hydrogen (secondary N) is 1. The number of benzene rings is 1. The third-order valence-electron chi connectivity index (χ3n) is 4.53. The van der Waals surface area contributed by atoms with Gasteiger partial charge >= 0.3 is 0 Å². The van der Waals surface area contributed by atoms with E-state index in [-0.39, 0.29) is 0 Å². The molecule has 3 heteroatoms. The number of hydrogen-bond donors (Lipinski definition) is 1. The van der Waals surface area contributed by atoms with Gasteiger partial charge in [-0.05, 0) is 70.2 Å². The molecule has 118 valence electrons. The maximum absolute atomic E-state index is 3.76. The van der Waals surface area contributed by atoms with Crippen LogP contribution in [0.15, 0.2) is 22.7 Å². The Hall–Kier alpha value is -0.380. The van der Waals surface area contributed by atoms with Gasteiger partial charge in [-0.3, -0.25) is 4.90 Å². The topological polar surface area (TPSA) is 15.3 Å². The van der Waals surface area contributed by atoms with Crippen molar-refractivity contribution in [2.24, 2.45) is 0 Å². The molecule has 0 spiro atoms. The van der Waals surface area contributed by atoms with E-state index in [0.29, 0.717) is 18.1 Å². The van der Waals surface area contributed by atoms with Gasteiger partial charge in [-0.25, -0.2) is 0 Å². The van der Waals surface area contributed by atoms with Crippen molar-refractivity contribution in [3.05, 3.63) is 33.8 Å². The molecule has 0 bridgehead atoms. The molecule has 1 aromatic carbocycles. The van der Waals surface area contributed by atoms with Crippen molar-refractivity contribution in [2.45, 2.75) is 65.1 Å². The van der Waals surface area contributed by atoms with Gasteiger partial charge in [0.2, 0.25) is 0 Å². The van der Waals surface area contributed by atoms with Crippen molar-refractivity contribution in [3.8, 4) is 0 Å². The van der Waals surface area contributed by atoms with Crippen LogP contribution in [0.1, 0.15) is 45.2 Å². The molecule has 0 radical (unpaired) electrons. The lowest BCUT2D eigenvalue weighted by molar-refractivity contribution is 0.173. The summed E-state index contributed by atoms with van der Waals surface area (Å²) < 4.78 is 1.21. The second-order valence-electron chi connectivity index (χ2n) is 6.73. The average Bonchev–Trinajstić information content (AvgIpc) is 2.42. The van der Waals surface area contributed by atoms with Crippen LogP contribution in [0.5, 0.6) is 0 Å². The summed E-state index contributed by atoms with van der Waals surface area (Å²) >= 11 is 3.57. The molecule has 0 fully saturated rings. The van der Waals surface area contributed by atoms with Gasteiger partial charge in [0.25, 0.3) is 0 Å². The molecule has 0 saturated heterocycles. The van der Waals surface area contributed by atoms with E-state index in [2.05, 4.69) is 72.0 Å². The first-order valence-corrected chi connectivity index (χ1v) is 9.03. The maximum atomic E-state index is 3.76. The Morgan fingerprint density at radius 3 is 2.57 bits per heavy atom. The molecule has 1 aliphatic rings. The highest BCUT2D eigenvalue weighted by Gasteiger charge is 2.19. The normalized spacial score (nSPS) is 18.6. The molecule has 0 aliphatic heterocycles. The predicted octanol–water partition coefficient (Wildman–Crippen LogP) is 4.01. The van der Waals surface area contributed by atoms with Crippen molar-refractivity contribution in [2.75, 3.05) is 13.1 Å². The highest BCUT2D eigenvalue weighted by atomic mass is 79.9. The Balaban J connectivity index is 1.82. The van der Waals surface area contributed by atoms with E-state index in [9.17, 15) is 0 Å². The molecular weight excluding hydrogens is 324 g/mol.